The van der Waals surface area contributed by atoms with Gasteiger partial charge in [0, 0.05) is 13.8 Å². The minimum absolute atomic E-state index is 0.436. The molecule has 0 aromatic heterocycles. The second-order valence-corrected chi connectivity index (χ2v) is 2.72. The number of hydrogen-bond donors (Lipinski definition) is 0. The SMILES string of the molecule is CC.CC.CC1=C(C)OC(C)(C)O1. The van der Waals surface area contributed by atoms with E-state index in [1.165, 1.54) is 0 Å². The van der Waals surface area contributed by atoms with Gasteiger partial charge in [-0.05, 0) is 13.8 Å². The topological polar surface area (TPSA) is 18.5 Å². The van der Waals surface area contributed by atoms with Crippen LogP contribution in [-0.4, -0.2) is 5.79 Å². The first-order valence-electron chi connectivity index (χ1n) is 5.07. The Morgan fingerprint density at radius 2 is 1.00 bits per heavy atom. The molecule has 0 aliphatic carbocycles. The Morgan fingerprint density at radius 3 is 1.08 bits per heavy atom. The summed E-state index contributed by atoms with van der Waals surface area (Å²) in [5.74, 6) is 1.34. The molecule has 80 valence electrons. The summed E-state index contributed by atoms with van der Waals surface area (Å²) in [5.41, 5.74) is 0. The highest BCUT2D eigenvalue weighted by Crippen LogP contribution is 2.28. The third-order valence-electron chi connectivity index (χ3n) is 1.29. The molecule has 0 saturated carbocycles. The van der Waals surface area contributed by atoms with Gasteiger partial charge in [0.1, 0.15) is 11.5 Å². The predicted molar refractivity (Wildman–Crippen MR) is 57.3 cm³/mol. The summed E-state index contributed by atoms with van der Waals surface area (Å²) in [6.45, 7) is 15.6. The van der Waals surface area contributed by atoms with Crippen LogP contribution in [0.5, 0.6) is 0 Å². The fraction of sp³-hybridized carbons (Fsp3) is 0.818. The van der Waals surface area contributed by atoms with Crippen molar-refractivity contribution in [3.8, 4) is 0 Å². The molecule has 0 unspecified atom stereocenters. The zero-order chi connectivity index (χ0) is 11.1. The van der Waals surface area contributed by atoms with E-state index in [-0.39, 0.29) is 0 Å². The van der Waals surface area contributed by atoms with Gasteiger partial charge in [-0.2, -0.15) is 0 Å². The molecule has 0 radical (unpaired) electrons. The molecule has 1 heterocycles. The van der Waals surface area contributed by atoms with Crippen LogP contribution in [0.4, 0.5) is 0 Å². The number of hydrogen-bond acceptors (Lipinski definition) is 2. The molecule has 0 fully saturated rings. The second kappa shape index (κ2) is 6.81. The van der Waals surface area contributed by atoms with Crippen LogP contribution in [0.2, 0.25) is 0 Å². The second-order valence-electron chi connectivity index (χ2n) is 2.72. The molecule has 0 amide bonds. The maximum absolute atomic E-state index is 5.32. The van der Waals surface area contributed by atoms with E-state index in [9.17, 15) is 0 Å². The Bertz CT molecular complexity index is 141. The van der Waals surface area contributed by atoms with E-state index < -0.39 is 5.79 Å². The molecule has 1 aliphatic rings. The predicted octanol–water partition coefficient (Wildman–Crippen LogP) is 4.07. The minimum Gasteiger partial charge on any atom is -0.454 e. The summed E-state index contributed by atoms with van der Waals surface area (Å²) in [7, 11) is 0. The lowest BCUT2D eigenvalue weighted by Crippen LogP contribution is -2.20. The summed E-state index contributed by atoms with van der Waals surface area (Å²) < 4.78 is 10.6. The van der Waals surface area contributed by atoms with Gasteiger partial charge in [0.2, 0.25) is 5.79 Å². The van der Waals surface area contributed by atoms with Crippen LogP contribution < -0.4 is 0 Å². The lowest BCUT2D eigenvalue weighted by molar-refractivity contribution is -0.122. The highest BCUT2D eigenvalue weighted by Gasteiger charge is 2.28. The van der Waals surface area contributed by atoms with Gasteiger partial charge in [-0.3, -0.25) is 0 Å². The van der Waals surface area contributed by atoms with E-state index in [1.54, 1.807) is 0 Å². The van der Waals surface area contributed by atoms with Crippen molar-refractivity contribution in [1.29, 1.82) is 0 Å². The van der Waals surface area contributed by atoms with Crippen molar-refractivity contribution >= 4 is 0 Å². The monoisotopic (exact) mass is 188 g/mol. The fourth-order valence-electron chi connectivity index (χ4n) is 0.902. The van der Waals surface area contributed by atoms with Gasteiger partial charge in [0.05, 0.1) is 0 Å². The molecule has 0 aromatic carbocycles. The molecule has 1 rings (SSSR count). The highest BCUT2D eigenvalue weighted by atomic mass is 16.7. The first-order valence-corrected chi connectivity index (χ1v) is 5.07. The molecule has 0 atom stereocenters. The fourth-order valence-corrected chi connectivity index (χ4v) is 0.902. The molecule has 0 N–H and O–H groups in total. The Morgan fingerprint density at radius 1 is 0.769 bits per heavy atom. The summed E-state index contributed by atoms with van der Waals surface area (Å²) in [6, 6.07) is 0. The van der Waals surface area contributed by atoms with E-state index in [4.69, 9.17) is 9.47 Å². The van der Waals surface area contributed by atoms with Gasteiger partial charge in [0.25, 0.3) is 0 Å². The average Bonchev–Trinajstić information content (AvgIpc) is 2.32. The van der Waals surface area contributed by atoms with Crippen LogP contribution >= 0.6 is 0 Å². The largest absolute Gasteiger partial charge is 0.454 e. The molecule has 1 aliphatic heterocycles. The molecule has 13 heavy (non-hydrogen) atoms. The maximum Gasteiger partial charge on any atom is 0.245 e. The smallest absolute Gasteiger partial charge is 0.245 e. The summed E-state index contributed by atoms with van der Waals surface area (Å²) >= 11 is 0. The Hall–Kier alpha value is -0.660. The molecule has 0 spiro atoms. The van der Waals surface area contributed by atoms with E-state index >= 15 is 0 Å². The summed E-state index contributed by atoms with van der Waals surface area (Å²) in [6.07, 6.45) is 0. The van der Waals surface area contributed by atoms with E-state index in [0.29, 0.717) is 0 Å². The molecular weight excluding hydrogens is 164 g/mol. The van der Waals surface area contributed by atoms with Gasteiger partial charge in [-0.25, -0.2) is 0 Å². The molecule has 0 saturated heterocycles. The first kappa shape index (κ1) is 14.8. The molecular formula is C11H24O2. The van der Waals surface area contributed by atoms with E-state index in [2.05, 4.69) is 0 Å². The van der Waals surface area contributed by atoms with Crippen molar-refractivity contribution in [2.45, 2.75) is 61.2 Å². The summed E-state index contributed by atoms with van der Waals surface area (Å²) in [4.78, 5) is 0. The van der Waals surface area contributed by atoms with Crippen molar-refractivity contribution < 1.29 is 9.47 Å². The van der Waals surface area contributed by atoms with Gasteiger partial charge < -0.3 is 9.47 Å². The zero-order valence-corrected chi connectivity index (χ0v) is 10.3. The third kappa shape index (κ3) is 5.56. The van der Waals surface area contributed by atoms with Crippen LogP contribution in [0.15, 0.2) is 11.5 Å². The minimum atomic E-state index is -0.436. The quantitative estimate of drug-likeness (QED) is 0.570. The average molecular weight is 188 g/mol. The van der Waals surface area contributed by atoms with Crippen LogP contribution in [0.1, 0.15) is 55.4 Å². The maximum atomic E-state index is 5.32. The standard InChI is InChI=1S/C7H12O2.2C2H6/c1-5-6(2)9-7(3,4)8-5;2*1-2/h1-4H3;2*1-2H3. The van der Waals surface area contributed by atoms with Crippen LogP contribution in [0, 0.1) is 0 Å². The van der Waals surface area contributed by atoms with Crippen molar-refractivity contribution in [3.05, 3.63) is 11.5 Å². The lowest BCUT2D eigenvalue weighted by Gasteiger charge is -2.17. The normalized spacial score (nSPS) is 17.2. The van der Waals surface area contributed by atoms with Gasteiger partial charge >= 0.3 is 0 Å². The molecule has 2 nitrogen and oxygen atoms in total. The lowest BCUT2D eigenvalue weighted by atomic mass is 10.4. The van der Waals surface area contributed by atoms with Crippen molar-refractivity contribution in [2.24, 2.45) is 0 Å². The Balaban J connectivity index is 0. The van der Waals surface area contributed by atoms with Crippen LogP contribution in [0.3, 0.4) is 0 Å². The Labute approximate surface area is 82.9 Å². The van der Waals surface area contributed by atoms with E-state index in [1.807, 2.05) is 55.4 Å². The highest BCUT2D eigenvalue weighted by molar-refractivity contribution is 5.01. The zero-order valence-electron chi connectivity index (χ0n) is 10.3. The molecule has 0 aromatic rings. The Kier molecular flexibility index (Phi) is 7.78. The van der Waals surface area contributed by atoms with Crippen LogP contribution in [-0.2, 0) is 9.47 Å². The third-order valence-corrected chi connectivity index (χ3v) is 1.29. The van der Waals surface area contributed by atoms with Gasteiger partial charge in [-0.1, -0.05) is 27.7 Å². The molecule has 0 bridgehead atoms. The van der Waals surface area contributed by atoms with Crippen molar-refractivity contribution in [3.63, 3.8) is 0 Å². The van der Waals surface area contributed by atoms with Gasteiger partial charge in [0.15, 0.2) is 0 Å². The van der Waals surface area contributed by atoms with Crippen molar-refractivity contribution in [2.75, 3.05) is 0 Å². The summed E-state index contributed by atoms with van der Waals surface area (Å²) in [5, 5.41) is 0. The van der Waals surface area contributed by atoms with Gasteiger partial charge in [-0.15, -0.1) is 0 Å². The molecule has 2 heteroatoms. The van der Waals surface area contributed by atoms with Crippen molar-refractivity contribution in [1.82, 2.24) is 0 Å². The van der Waals surface area contributed by atoms with E-state index in [0.717, 1.165) is 11.5 Å². The number of rotatable bonds is 0. The first-order chi connectivity index (χ1) is 6.01. The van der Waals surface area contributed by atoms with Crippen LogP contribution in [0.25, 0.3) is 0 Å². The number of allylic oxidation sites excluding steroid dienone is 2. The number of ether oxygens (including phenoxy) is 2.